The molecular formula is C42H35Br2SbSn. The van der Waals surface area contributed by atoms with Crippen LogP contribution in [-0.2, 0) is 0 Å². The van der Waals surface area contributed by atoms with Crippen molar-refractivity contribution in [1.82, 2.24) is 0 Å². The van der Waals surface area contributed by atoms with Gasteiger partial charge in [0.15, 0.2) is 0 Å². The van der Waals surface area contributed by atoms with E-state index in [2.05, 4.69) is 238 Å². The van der Waals surface area contributed by atoms with E-state index >= 15 is 0 Å². The minimum absolute atomic E-state index is 1.34. The van der Waals surface area contributed by atoms with E-state index in [4.69, 9.17) is 0 Å². The Labute approximate surface area is 290 Å². The van der Waals surface area contributed by atoms with Crippen LogP contribution < -0.4 is 24.8 Å². The predicted molar refractivity (Wildman–Crippen MR) is 212 cm³/mol. The van der Waals surface area contributed by atoms with E-state index in [-0.39, 0.29) is 0 Å². The molecule has 4 heteroatoms. The average molecular weight is 940 g/mol. The topological polar surface area (TPSA) is 0 Å². The van der Waals surface area contributed by atoms with Gasteiger partial charge in [-0.2, -0.15) is 0 Å². The second kappa shape index (κ2) is 14.9. The Balaban J connectivity index is 0.000000164. The van der Waals surface area contributed by atoms with Crippen LogP contribution in [0.15, 0.2) is 212 Å². The van der Waals surface area contributed by atoms with Crippen LogP contribution in [-0.4, -0.2) is 31.4 Å². The van der Waals surface area contributed by atoms with Gasteiger partial charge >= 0.3 is 294 Å². The third-order valence-corrected chi connectivity index (χ3v) is 50.6. The van der Waals surface area contributed by atoms with E-state index in [0.717, 1.165) is 0 Å². The van der Waals surface area contributed by atoms with Gasteiger partial charge in [-0.1, -0.05) is 0 Å². The van der Waals surface area contributed by atoms with Gasteiger partial charge in [0.1, 0.15) is 0 Å². The quantitative estimate of drug-likeness (QED) is 0.152. The van der Waals surface area contributed by atoms with Crippen LogP contribution in [0.3, 0.4) is 0 Å². The second-order valence-electron chi connectivity index (χ2n) is 11.1. The van der Waals surface area contributed by atoms with Crippen LogP contribution in [0.2, 0.25) is 0 Å². The molecule has 46 heavy (non-hydrogen) atoms. The Hall–Kier alpha value is -2.88. The molecule has 0 unspecified atom stereocenters. The van der Waals surface area contributed by atoms with Gasteiger partial charge in [-0.25, -0.2) is 0 Å². The fourth-order valence-corrected chi connectivity index (χ4v) is 38.5. The van der Waals surface area contributed by atoms with Crippen molar-refractivity contribution >= 4 is 81.5 Å². The molecule has 0 atom stereocenters. The van der Waals surface area contributed by atoms with Gasteiger partial charge < -0.3 is 0 Å². The summed E-state index contributed by atoms with van der Waals surface area (Å²) >= 11 is 1.48. The maximum absolute atomic E-state index is 4.24. The van der Waals surface area contributed by atoms with Gasteiger partial charge in [-0.15, -0.1) is 0 Å². The molecule has 0 aromatic heterocycles. The summed E-state index contributed by atoms with van der Waals surface area (Å²) in [4.78, 5) is 0. The Bertz CT molecular complexity index is 1670. The van der Waals surface area contributed by atoms with Crippen LogP contribution in [0, 0.1) is 0 Å². The molecule has 0 fully saturated rings. The van der Waals surface area contributed by atoms with Crippen molar-refractivity contribution in [2.75, 3.05) is 0 Å². The SMILES string of the molecule is [Br][Sn-]([Br])([c]1ccccc1)([c]1ccccc1)[c]1ccccc1.c1cc[c]([Sb+]([c]2ccccc2)([c]2ccccc2)[c]2ccccc2)cc1. The number of hydrogen-bond acceptors (Lipinski definition) is 0. The molecule has 0 aliphatic heterocycles. The molecule has 0 spiro atoms. The Morgan fingerprint density at radius 2 is 0.435 bits per heavy atom. The molecule has 226 valence electrons. The summed E-state index contributed by atoms with van der Waals surface area (Å²) in [7, 11) is 0. The molecule has 7 aromatic carbocycles. The zero-order valence-corrected chi connectivity index (χ0v) is 34.0. The molecule has 0 heterocycles. The first kappa shape index (κ1) is 33.0. The summed E-state index contributed by atoms with van der Waals surface area (Å²) in [5.74, 6) is 0. The summed E-state index contributed by atoms with van der Waals surface area (Å²) in [6.45, 7) is 0. The third-order valence-electron chi connectivity index (χ3n) is 8.42. The van der Waals surface area contributed by atoms with Crippen molar-refractivity contribution < 1.29 is 0 Å². The number of benzene rings is 7. The number of hydrogen-bond donors (Lipinski definition) is 0. The van der Waals surface area contributed by atoms with Crippen LogP contribution in [0.5, 0.6) is 0 Å². The molecule has 0 aliphatic rings. The van der Waals surface area contributed by atoms with Gasteiger partial charge in [0, 0.05) is 0 Å². The van der Waals surface area contributed by atoms with Gasteiger partial charge in [-0.05, 0) is 0 Å². The van der Waals surface area contributed by atoms with Gasteiger partial charge in [-0.3, -0.25) is 0 Å². The zero-order chi connectivity index (χ0) is 31.7. The Morgan fingerprint density at radius 3 is 0.630 bits per heavy atom. The van der Waals surface area contributed by atoms with E-state index in [1.54, 1.807) is 0 Å². The molecule has 0 nitrogen and oxygen atoms in total. The predicted octanol–water partition coefficient (Wildman–Crippen LogP) is 6.96. The van der Waals surface area contributed by atoms with Crippen molar-refractivity contribution in [3.63, 3.8) is 0 Å². The summed E-state index contributed by atoms with van der Waals surface area (Å²) in [5, 5.41) is 0. The summed E-state index contributed by atoms with van der Waals surface area (Å²) in [6, 6.07) is 76.5. The molecule has 0 saturated carbocycles. The third kappa shape index (κ3) is 6.47. The average Bonchev–Trinajstić information content (AvgIpc) is 3.15. The number of halogens is 2. The fraction of sp³-hybridized carbons (Fsp3) is 0. The molecule has 0 amide bonds. The standard InChI is InChI=1S/7C6H5.2BrH.Sb.Sn/c7*1-2-4-6-5-3-1;;;;/h7*1-5H;2*1H;;/q;;;;;;;;;2*+1/p-2. The van der Waals surface area contributed by atoms with Crippen LogP contribution in [0.4, 0.5) is 0 Å². The summed E-state index contributed by atoms with van der Waals surface area (Å²) in [5.41, 5.74) is 0. The molecule has 0 aliphatic carbocycles. The molecule has 7 aromatic rings. The van der Waals surface area contributed by atoms with E-state index in [1.165, 1.54) is 24.8 Å². The fourth-order valence-electron chi connectivity index (χ4n) is 6.19. The molecule has 0 saturated heterocycles. The monoisotopic (exact) mass is 938 g/mol. The molecule has 0 N–H and O–H groups in total. The van der Waals surface area contributed by atoms with Gasteiger partial charge in [0.25, 0.3) is 0 Å². The minimum atomic E-state index is -3.83. The van der Waals surface area contributed by atoms with Gasteiger partial charge in [0.05, 0.1) is 0 Å². The van der Waals surface area contributed by atoms with Crippen molar-refractivity contribution in [2.45, 2.75) is 0 Å². The summed E-state index contributed by atoms with van der Waals surface area (Å²) < 4.78 is 9.94. The first-order valence-electron chi connectivity index (χ1n) is 15.4. The first-order valence-corrected chi connectivity index (χ1v) is 37.6. The van der Waals surface area contributed by atoms with E-state index in [0.29, 0.717) is 0 Å². The van der Waals surface area contributed by atoms with Crippen LogP contribution in [0.1, 0.15) is 0 Å². The second-order valence-corrected chi connectivity index (χ2v) is 60.0. The molecule has 0 bridgehead atoms. The Kier molecular flexibility index (Phi) is 10.7. The van der Waals surface area contributed by atoms with Crippen molar-refractivity contribution in [1.29, 1.82) is 0 Å². The first-order chi connectivity index (χ1) is 22.5. The molecule has 0 radical (unpaired) electrons. The maximum atomic E-state index is 4.24. The molecular weight excluding hydrogens is 905 g/mol. The van der Waals surface area contributed by atoms with Crippen molar-refractivity contribution in [3.05, 3.63) is 212 Å². The van der Waals surface area contributed by atoms with Crippen LogP contribution in [0.25, 0.3) is 0 Å². The van der Waals surface area contributed by atoms with E-state index in [1.807, 2.05) is 0 Å². The molecule has 7 rings (SSSR count). The normalized spacial score (nSPS) is 12.2. The van der Waals surface area contributed by atoms with Crippen molar-refractivity contribution in [2.24, 2.45) is 0 Å². The van der Waals surface area contributed by atoms with E-state index in [9.17, 15) is 0 Å². The van der Waals surface area contributed by atoms with Crippen LogP contribution >= 0.6 is 25.4 Å². The van der Waals surface area contributed by atoms with Gasteiger partial charge in [0.2, 0.25) is 0 Å². The van der Waals surface area contributed by atoms with E-state index < -0.39 is 31.4 Å². The van der Waals surface area contributed by atoms with Crippen molar-refractivity contribution in [3.8, 4) is 0 Å². The zero-order valence-electron chi connectivity index (χ0n) is 25.4. The summed E-state index contributed by atoms with van der Waals surface area (Å²) in [6.07, 6.45) is 0. The number of rotatable bonds is 7. The Morgan fingerprint density at radius 1 is 0.261 bits per heavy atom.